The first-order chi connectivity index (χ1) is 13.7. The Morgan fingerprint density at radius 1 is 1.14 bits per heavy atom. The van der Waals surface area contributed by atoms with Crippen molar-refractivity contribution in [3.63, 3.8) is 0 Å². The van der Waals surface area contributed by atoms with E-state index in [2.05, 4.69) is 5.32 Å². The molecule has 0 aliphatic heterocycles. The van der Waals surface area contributed by atoms with Crippen molar-refractivity contribution in [2.45, 2.75) is 19.5 Å². The van der Waals surface area contributed by atoms with Gasteiger partial charge in [0.05, 0.1) is 25.1 Å². The first-order valence-corrected chi connectivity index (χ1v) is 11.1. The fourth-order valence-electron chi connectivity index (χ4n) is 2.62. The molecule has 0 aliphatic rings. The van der Waals surface area contributed by atoms with Crippen molar-refractivity contribution in [2.24, 2.45) is 0 Å². The highest BCUT2D eigenvalue weighted by Crippen LogP contribution is 2.24. The predicted molar refractivity (Wildman–Crippen MR) is 114 cm³/mol. The van der Waals surface area contributed by atoms with E-state index in [4.69, 9.17) is 21.1 Å². The zero-order valence-corrected chi connectivity index (χ0v) is 18.2. The molecule has 9 heteroatoms. The minimum atomic E-state index is -3.50. The Balaban J connectivity index is 2.03. The minimum absolute atomic E-state index is 0.116. The van der Waals surface area contributed by atoms with Crippen molar-refractivity contribution in [3.05, 3.63) is 59.1 Å². The van der Waals surface area contributed by atoms with Crippen LogP contribution in [0.15, 0.2) is 48.5 Å². The van der Waals surface area contributed by atoms with E-state index in [1.54, 1.807) is 55.6 Å². The smallest absolute Gasteiger partial charge is 0.258 e. The number of carbonyl (C=O) groups is 1. The topological polar surface area (TPSA) is 84.9 Å². The van der Waals surface area contributed by atoms with E-state index in [0.29, 0.717) is 23.1 Å². The van der Waals surface area contributed by atoms with Crippen LogP contribution in [0.3, 0.4) is 0 Å². The molecule has 2 aromatic carbocycles. The molecule has 1 amide bonds. The second kappa shape index (κ2) is 10.5. The third-order valence-electron chi connectivity index (χ3n) is 3.96. The van der Waals surface area contributed by atoms with Gasteiger partial charge in [-0.05, 0) is 48.9 Å². The summed E-state index contributed by atoms with van der Waals surface area (Å²) in [6.45, 7) is 2.27. The quantitative estimate of drug-likeness (QED) is 0.614. The number of hydrogen-bond donors (Lipinski definition) is 1. The second-order valence-electron chi connectivity index (χ2n) is 6.60. The Morgan fingerprint density at radius 3 is 2.31 bits per heavy atom. The average Bonchev–Trinajstić information content (AvgIpc) is 2.65. The molecule has 2 aromatic rings. The van der Waals surface area contributed by atoms with Gasteiger partial charge in [-0.1, -0.05) is 23.7 Å². The molecule has 0 saturated heterocycles. The summed E-state index contributed by atoms with van der Waals surface area (Å²) in [4.78, 5) is 11.8. The molecule has 29 heavy (non-hydrogen) atoms. The molecule has 0 unspecified atom stereocenters. The van der Waals surface area contributed by atoms with E-state index < -0.39 is 10.0 Å². The first-order valence-electron chi connectivity index (χ1n) is 8.92. The number of sulfonamides is 1. The van der Waals surface area contributed by atoms with Crippen LogP contribution < -0.4 is 14.4 Å². The highest BCUT2D eigenvalue weighted by molar-refractivity contribution is 7.92. The first kappa shape index (κ1) is 23.0. The predicted octanol–water partition coefficient (Wildman–Crippen LogP) is 2.84. The van der Waals surface area contributed by atoms with Gasteiger partial charge < -0.3 is 14.8 Å². The highest BCUT2D eigenvalue weighted by atomic mass is 35.5. The van der Waals surface area contributed by atoms with E-state index in [9.17, 15) is 13.2 Å². The van der Waals surface area contributed by atoms with Gasteiger partial charge in [-0.15, -0.1) is 0 Å². The summed E-state index contributed by atoms with van der Waals surface area (Å²) in [6.07, 6.45) is 1.15. The van der Waals surface area contributed by atoms with Crippen molar-refractivity contribution >= 4 is 33.2 Å². The van der Waals surface area contributed by atoms with Crippen LogP contribution in [0.5, 0.6) is 5.75 Å². The number of hydrogen-bond acceptors (Lipinski definition) is 5. The van der Waals surface area contributed by atoms with Crippen LogP contribution in [-0.2, 0) is 26.1 Å². The standard InChI is InChI=1S/C20H25ClN2O5S/c1-15(13-27-2)22-20(24)14-28-19-10-8-18(9-11-19)23(29(3,25)26)12-16-4-6-17(21)7-5-16/h4-11,15H,12-14H2,1-3H3,(H,22,24)/t15-/m0/s1. The number of anilines is 1. The van der Waals surface area contributed by atoms with E-state index in [0.717, 1.165) is 11.8 Å². The molecule has 158 valence electrons. The highest BCUT2D eigenvalue weighted by Gasteiger charge is 2.18. The zero-order chi connectivity index (χ0) is 21.4. The summed E-state index contributed by atoms with van der Waals surface area (Å²) < 4.78 is 36.2. The summed E-state index contributed by atoms with van der Waals surface area (Å²) in [5.74, 6) is 0.197. The average molecular weight is 441 g/mol. The maximum Gasteiger partial charge on any atom is 0.258 e. The molecule has 2 rings (SSSR count). The molecule has 7 nitrogen and oxygen atoms in total. The van der Waals surface area contributed by atoms with Crippen LogP contribution in [0.4, 0.5) is 5.69 Å². The van der Waals surface area contributed by atoms with Gasteiger partial charge in [0.25, 0.3) is 5.91 Å². The number of nitrogens with zero attached hydrogens (tertiary/aromatic N) is 1. The van der Waals surface area contributed by atoms with E-state index in [-0.39, 0.29) is 25.1 Å². The monoisotopic (exact) mass is 440 g/mol. The number of nitrogens with one attached hydrogen (secondary N) is 1. The molecule has 0 bridgehead atoms. The maximum absolute atomic E-state index is 12.3. The minimum Gasteiger partial charge on any atom is -0.484 e. The molecule has 0 saturated carbocycles. The number of benzene rings is 2. The Kier molecular flexibility index (Phi) is 8.31. The van der Waals surface area contributed by atoms with Gasteiger partial charge in [0.1, 0.15) is 5.75 Å². The lowest BCUT2D eigenvalue weighted by molar-refractivity contribution is -0.124. The van der Waals surface area contributed by atoms with Gasteiger partial charge >= 0.3 is 0 Å². The van der Waals surface area contributed by atoms with Gasteiger partial charge in [-0.2, -0.15) is 0 Å². The van der Waals surface area contributed by atoms with Crippen molar-refractivity contribution in [1.29, 1.82) is 0 Å². The van der Waals surface area contributed by atoms with Crippen LogP contribution >= 0.6 is 11.6 Å². The second-order valence-corrected chi connectivity index (χ2v) is 8.95. The molecule has 0 aliphatic carbocycles. The molecule has 0 spiro atoms. The zero-order valence-electron chi connectivity index (χ0n) is 16.6. The van der Waals surface area contributed by atoms with Crippen LogP contribution in [0.25, 0.3) is 0 Å². The third kappa shape index (κ3) is 7.56. The van der Waals surface area contributed by atoms with Crippen molar-refractivity contribution in [3.8, 4) is 5.75 Å². The summed E-state index contributed by atoms with van der Waals surface area (Å²) in [5, 5.41) is 3.33. The van der Waals surface area contributed by atoms with Crippen molar-refractivity contribution < 1.29 is 22.7 Å². The number of methoxy groups -OCH3 is 1. The van der Waals surface area contributed by atoms with Crippen molar-refractivity contribution in [2.75, 3.05) is 30.9 Å². The molecule has 0 heterocycles. The Hall–Kier alpha value is -2.29. The number of rotatable bonds is 10. The van der Waals surface area contributed by atoms with Gasteiger partial charge in [0.2, 0.25) is 10.0 Å². The van der Waals surface area contributed by atoms with E-state index >= 15 is 0 Å². The van der Waals surface area contributed by atoms with Crippen LogP contribution in [0, 0.1) is 0 Å². The summed E-state index contributed by atoms with van der Waals surface area (Å²) in [7, 11) is -1.94. The fraction of sp³-hybridized carbons (Fsp3) is 0.350. The van der Waals surface area contributed by atoms with E-state index in [1.165, 1.54) is 4.31 Å². The Labute approximate surface area is 176 Å². The van der Waals surface area contributed by atoms with Crippen LogP contribution in [-0.4, -0.2) is 46.9 Å². The summed E-state index contributed by atoms with van der Waals surface area (Å²) >= 11 is 5.89. The number of carbonyl (C=O) groups excluding carboxylic acids is 1. The van der Waals surface area contributed by atoms with E-state index in [1.807, 2.05) is 6.92 Å². The van der Waals surface area contributed by atoms with Crippen LogP contribution in [0.2, 0.25) is 5.02 Å². The fourth-order valence-corrected chi connectivity index (χ4v) is 3.64. The summed E-state index contributed by atoms with van der Waals surface area (Å²) in [5.41, 5.74) is 1.30. The lowest BCUT2D eigenvalue weighted by atomic mass is 10.2. The Bertz CT molecular complexity index is 901. The molecule has 0 aromatic heterocycles. The molecular weight excluding hydrogens is 416 g/mol. The number of halogens is 1. The molecule has 0 radical (unpaired) electrons. The lowest BCUT2D eigenvalue weighted by Gasteiger charge is -2.23. The van der Waals surface area contributed by atoms with Gasteiger partial charge in [-0.25, -0.2) is 8.42 Å². The third-order valence-corrected chi connectivity index (χ3v) is 5.35. The van der Waals surface area contributed by atoms with Crippen molar-refractivity contribution in [1.82, 2.24) is 5.32 Å². The Morgan fingerprint density at radius 2 is 1.76 bits per heavy atom. The number of amides is 1. The SMILES string of the molecule is COC[C@H](C)NC(=O)COc1ccc(N(Cc2ccc(Cl)cc2)S(C)(=O)=O)cc1. The van der Waals surface area contributed by atoms with Gasteiger partial charge in [0, 0.05) is 18.2 Å². The molecule has 1 atom stereocenters. The normalized spacial score (nSPS) is 12.3. The largest absolute Gasteiger partial charge is 0.484 e. The molecule has 0 fully saturated rings. The maximum atomic E-state index is 12.3. The van der Waals surface area contributed by atoms with Crippen LogP contribution in [0.1, 0.15) is 12.5 Å². The summed E-state index contributed by atoms with van der Waals surface area (Å²) in [6, 6.07) is 13.4. The van der Waals surface area contributed by atoms with Gasteiger partial charge in [-0.3, -0.25) is 9.10 Å². The lowest BCUT2D eigenvalue weighted by Crippen LogP contribution is -2.38. The number of ether oxygens (including phenoxy) is 2. The van der Waals surface area contributed by atoms with Gasteiger partial charge in [0.15, 0.2) is 6.61 Å². The molecular formula is C20H25ClN2O5S. The molecule has 1 N–H and O–H groups in total.